The molecule has 0 atom stereocenters. The van der Waals surface area contributed by atoms with Crippen molar-refractivity contribution in [2.45, 2.75) is 25.4 Å². The summed E-state index contributed by atoms with van der Waals surface area (Å²) in [6, 6.07) is 8.88. The molecule has 1 fully saturated rings. The molecular weight excluding hydrogens is 238 g/mol. The van der Waals surface area contributed by atoms with E-state index in [0.717, 1.165) is 38.2 Å². The maximum Gasteiger partial charge on any atom is 0.138 e. The minimum atomic E-state index is 0.394. The molecule has 19 heavy (non-hydrogen) atoms. The standard InChI is InChI=1S/C14H19N5/c15-13-5-7-18(8-6-13)9-12-1-3-14(4-2-12)19-11-16-10-17-19/h1-4,10-11,13H,5-9,15H2. The average Bonchev–Trinajstić information content (AvgIpc) is 2.96. The molecule has 2 heterocycles. The molecule has 0 unspecified atom stereocenters. The molecule has 0 spiro atoms. The monoisotopic (exact) mass is 257 g/mol. The Morgan fingerprint density at radius 2 is 1.89 bits per heavy atom. The molecule has 0 aliphatic carbocycles. The first-order valence-electron chi connectivity index (χ1n) is 6.73. The zero-order chi connectivity index (χ0) is 13.1. The van der Waals surface area contributed by atoms with Gasteiger partial charge in [-0.1, -0.05) is 12.1 Å². The zero-order valence-electron chi connectivity index (χ0n) is 10.9. The van der Waals surface area contributed by atoms with Gasteiger partial charge in [0.2, 0.25) is 0 Å². The third kappa shape index (κ3) is 3.00. The van der Waals surface area contributed by atoms with E-state index in [1.54, 1.807) is 17.3 Å². The van der Waals surface area contributed by atoms with Crippen molar-refractivity contribution in [1.29, 1.82) is 0 Å². The van der Waals surface area contributed by atoms with Crippen LogP contribution in [0.1, 0.15) is 18.4 Å². The molecule has 100 valence electrons. The van der Waals surface area contributed by atoms with Gasteiger partial charge in [0.1, 0.15) is 12.7 Å². The summed E-state index contributed by atoms with van der Waals surface area (Å²) in [6.07, 6.45) is 5.47. The minimum Gasteiger partial charge on any atom is -0.328 e. The predicted octanol–water partition coefficient (Wildman–Crippen LogP) is 1.19. The molecular formula is C14H19N5. The predicted molar refractivity (Wildman–Crippen MR) is 73.8 cm³/mol. The first kappa shape index (κ1) is 12.3. The zero-order valence-corrected chi connectivity index (χ0v) is 10.9. The SMILES string of the molecule is NC1CCN(Cc2ccc(-n3cncn3)cc2)CC1. The van der Waals surface area contributed by atoms with Crippen molar-refractivity contribution in [3.8, 4) is 5.69 Å². The van der Waals surface area contributed by atoms with Crippen LogP contribution in [0.2, 0.25) is 0 Å². The molecule has 0 bridgehead atoms. The summed E-state index contributed by atoms with van der Waals surface area (Å²) in [6.45, 7) is 3.21. The van der Waals surface area contributed by atoms with Gasteiger partial charge in [-0.15, -0.1) is 0 Å². The van der Waals surface area contributed by atoms with Gasteiger partial charge in [0.15, 0.2) is 0 Å². The van der Waals surface area contributed by atoms with Crippen molar-refractivity contribution >= 4 is 0 Å². The molecule has 0 amide bonds. The van der Waals surface area contributed by atoms with Crippen molar-refractivity contribution in [3.05, 3.63) is 42.5 Å². The van der Waals surface area contributed by atoms with Crippen LogP contribution >= 0.6 is 0 Å². The smallest absolute Gasteiger partial charge is 0.138 e. The van der Waals surface area contributed by atoms with Crippen molar-refractivity contribution in [3.63, 3.8) is 0 Å². The van der Waals surface area contributed by atoms with Crippen LogP contribution in [-0.2, 0) is 6.54 Å². The summed E-state index contributed by atoms with van der Waals surface area (Å²) < 4.78 is 1.77. The fraction of sp³-hybridized carbons (Fsp3) is 0.429. The number of nitrogens with zero attached hydrogens (tertiary/aromatic N) is 4. The van der Waals surface area contributed by atoms with E-state index in [1.165, 1.54) is 5.56 Å². The summed E-state index contributed by atoms with van der Waals surface area (Å²) in [5.41, 5.74) is 8.30. The lowest BCUT2D eigenvalue weighted by Gasteiger charge is -2.30. The fourth-order valence-corrected chi connectivity index (χ4v) is 2.46. The van der Waals surface area contributed by atoms with Crippen LogP contribution in [0.4, 0.5) is 0 Å². The van der Waals surface area contributed by atoms with Gasteiger partial charge >= 0.3 is 0 Å². The first-order valence-corrected chi connectivity index (χ1v) is 6.73. The van der Waals surface area contributed by atoms with Gasteiger partial charge in [-0.2, -0.15) is 5.10 Å². The van der Waals surface area contributed by atoms with Crippen molar-refractivity contribution < 1.29 is 0 Å². The Labute approximate surface area is 113 Å². The lowest BCUT2D eigenvalue weighted by Crippen LogP contribution is -2.39. The molecule has 5 nitrogen and oxygen atoms in total. The molecule has 1 aliphatic heterocycles. The quantitative estimate of drug-likeness (QED) is 0.897. The van der Waals surface area contributed by atoms with Gasteiger partial charge in [-0.25, -0.2) is 9.67 Å². The second-order valence-electron chi connectivity index (χ2n) is 5.12. The number of benzene rings is 1. The van der Waals surface area contributed by atoms with E-state index in [1.807, 2.05) is 0 Å². The summed E-state index contributed by atoms with van der Waals surface area (Å²) in [5, 5.41) is 4.12. The maximum absolute atomic E-state index is 5.92. The van der Waals surface area contributed by atoms with E-state index < -0.39 is 0 Å². The van der Waals surface area contributed by atoms with Crippen LogP contribution in [0.5, 0.6) is 0 Å². The second kappa shape index (κ2) is 5.50. The van der Waals surface area contributed by atoms with Gasteiger partial charge in [-0.05, 0) is 43.6 Å². The summed E-state index contributed by atoms with van der Waals surface area (Å²) in [7, 11) is 0. The topological polar surface area (TPSA) is 60.0 Å². The Hall–Kier alpha value is -1.72. The van der Waals surface area contributed by atoms with Crippen molar-refractivity contribution in [2.24, 2.45) is 5.73 Å². The number of aromatic nitrogens is 3. The lowest BCUT2D eigenvalue weighted by molar-refractivity contribution is 0.205. The number of rotatable bonds is 3. The average molecular weight is 257 g/mol. The third-order valence-corrected chi connectivity index (χ3v) is 3.66. The maximum atomic E-state index is 5.92. The highest BCUT2D eigenvalue weighted by atomic mass is 15.3. The molecule has 1 aromatic carbocycles. The van der Waals surface area contributed by atoms with E-state index in [9.17, 15) is 0 Å². The largest absolute Gasteiger partial charge is 0.328 e. The van der Waals surface area contributed by atoms with Crippen LogP contribution in [0.25, 0.3) is 5.69 Å². The van der Waals surface area contributed by atoms with Gasteiger partial charge in [0, 0.05) is 12.6 Å². The Bertz CT molecular complexity index is 497. The fourth-order valence-electron chi connectivity index (χ4n) is 2.46. The Balaban J connectivity index is 1.63. The molecule has 0 radical (unpaired) electrons. The molecule has 2 N–H and O–H groups in total. The van der Waals surface area contributed by atoms with Crippen LogP contribution < -0.4 is 5.73 Å². The van der Waals surface area contributed by atoms with Gasteiger partial charge in [0.25, 0.3) is 0 Å². The number of hydrogen-bond acceptors (Lipinski definition) is 4. The molecule has 2 aromatic rings. The lowest BCUT2D eigenvalue weighted by atomic mass is 10.1. The highest BCUT2D eigenvalue weighted by Gasteiger charge is 2.15. The van der Waals surface area contributed by atoms with Crippen molar-refractivity contribution in [2.75, 3.05) is 13.1 Å². The Morgan fingerprint density at radius 3 is 2.53 bits per heavy atom. The van der Waals surface area contributed by atoms with Gasteiger partial charge in [-0.3, -0.25) is 4.90 Å². The van der Waals surface area contributed by atoms with E-state index in [0.29, 0.717) is 6.04 Å². The van der Waals surface area contributed by atoms with Crippen molar-refractivity contribution in [1.82, 2.24) is 19.7 Å². The summed E-state index contributed by atoms with van der Waals surface area (Å²) in [4.78, 5) is 6.42. The van der Waals surface area contributed by atoms with E-state index in [4.69, 9.17) is 5.73 Å². The molecule has 1 saturated heterocycles. The minimum absolute atomic E-state index is 0.394. The molecule has 0 saturated carbocycles. The van der Waals surface area contributed by atoms with E-state index in [2.05, 4.69) is 39.2 Å². The Morgan fingerprint density at radius 1 is 1.16 bits per heavy atom. The molecule has 3 rings (SSSR count). The van der Waals surface area contributed by atoms with Gasteiger partial charge in [0.05, 0.1) is 5.69 Å². The highest BCUT2D eigenvalue weighted by molar-refractivity contribution is 5.33. The second-order valence-corrected chi connectivity index (χ2v) is 5.12. The molecule has 1 aliphatic rings. The van der Waals surface area contributed by atoms with Crippen LogP contribution in [0.15, 0.2) is 36.9 Å². The highest BCUT2D eigenvalue weighted by Crippen LogP contribution is 2.14. The Kier molecular flexibility index (Phi) is 3.57. The van der Waals surface area contributed by atoms with E-state index >= 15 is 0 Å². The van der Waals surface area contributed by atoms with Gasteiger partial charge < -0.3 is 5.73 Å². The molecule has 5 heteroatoms. The summed E-state index contributed by atoms with van der Waals surface area (Å²) in [5.74, 6) is 0. The third-order valence-electron chi connectivity index (χ3n) is 3.66. The van der Waals surface area contributed by atoms with E-state index in [-0.39, 0.29) is 0 Å². The summed E-state index contributed by atoms with van der Waals surface area (Å²) >= 11 is 0. The van der Waals surface area contributed by atoms with Crippen LogP contribution in [0, 0.1) is 0 Å². The number of nitrogens with two attached hydrogens (primary N) is 1. The number of hydrogen-bond donors (Lipinski definition) is 1. The number of piperidine rings is 1. The normalized spacial score (nSPS) is 17.7. The number of likely N-dealkylation sites (tertiary alicyclic amines) is 1. The molecule has 1 aromatic heterocycles. The van der Waals surface area contributed by atoms with Crippen LogP contribution in [0.3, 0.4) is 0 Å². The van der Waals surface area contributed by atoms with Crippen LogP contribution in [-0.4, -0.2) is 38.8 Å². The first-order chi connectivity index (χ1) is 9.31.